The van der Waals surface area contributed by atoms with Crippen molar-refractivity contribution in [2.45, 2.75) is 18.9 Å². The summed E-state index contributed by atoms with van der Waals surface area (Å²) < 4.78 is 13.2. The molecule has 2 aromatic rings. The van der Waals surface area contributed by atoms with Crippen LogP contribution in [-0.2, 0) is 0 Å². The molecule has 0 radical (unpaired) electrons. The van der Waals surface area contributed by atoms with Crippen molar-refractivity contribution in [2.24, 2.45) is 0 Å². The van der Waals surface area contributed by atoms with E-state index in [1.165, 1.54) is 12.3 Å². The van der Waals surface area contributed by atoms with Gasteiger partial charge in [0.25, 0.3) is 0 Å². The highest BCUT2D eigenvalue weighted by molar-refractivity contribution is 5.54. The fourth-order valence-corrected chi connectivity index (χ4v) is 2.43. The number of piperidine rings is 1. The molecule has 1 fully saturated rings. The lowest BCUT2D eigenvalue weighted by atomic mass is 10.1. The van der Waals surface area contributed by atoms with Crippen LogP contribution < -0.4 is 10.2 Å². The zero-order chi connectivity index (χ0) is 13.9. The van der Waals surface area contributed by atoms with Crippen LogP contribution in [-0.4, -0.2) is 46.3 Å². The van der Waals surface area contributed by atoms with Gasteiger partial charge in [0.15, 0.2) is 5.82 Å². The summed E-state index contributed by atoms with van der Waals surface area (Å²) in [6, 6.07) is 1.96. The first-order valence-electron chi connectivity index (χ1n) is 6.72. The number of nitrogens with zero attached hydrogens (tertiary/aromatic N) is 4. The van der Waals surface area contributed by atoms with E-state index in [1.807, 2.05) is 7.05 Å². The molecule has 1 saturated heterocycles. The SMILES string of the molecule is CNC1CCN(c2n[nH]c(-c3cncc(F)c3)n2)CC1. The average molecular weight is 276 g/mol. The molecular weight excluding hydrogens is 259 g/mol. The number of aromatic amines is 1. The third-order valence-corrected chi connectivity index (χ3v) is 3.64. The van der Waals surface area contributed by atoms with Crippen LogP contribution in [0.15, 0.2) is 18.5 Å². The van der Waals surface area contributed by atoms with Crippen molar-refractivity contribution in [3.8, 4) is 11.4 Å². The highest BCUT2D eigenvalue weighted by Crippen LogP contribution is 2.20. The van der Waals surface area contributed by atoms with Gasteiger partial charge in [-0.05, 0) is 26.0 Å². The smallest absolute Gasteiger partial charge is 0.245 e. The van der Waals surface area contributed by atoms with Crippen LogP contribution >= 0.6 is 0 Å². The van der Waals surface area contributed by atoms with Gasteiger partial charge in [-0.3, -0.25) is 10.1 Å². The number of rotatable bonds is 3. The van der Waals surface area contributed by atoms with E-state index < -0.39 is 0 Å². The maximum atomic E-state index is 13.2. The molecule has 20 heavy (non-hydrogen) atoms. The Balaban J connectivity index is 1.74. The zero-order valence-electron chi connectivity index (χ0n) is 11.3. The summed E-state index contributed by atoms with van der Waals surface area (Å²) in [5, 5.41) is 10.4. The molecule has 2 aromatic heterocycles. The van der Waals surface area contributed by atoms with E-state index in [0.29, 0.717) is 23.4 Å². The number of hydrogen-bond donors (Lipinski definition) is 2. The first-order valence-corrected chi connectivity index (χ1v) is 6.72. The second-order valence-electron chi connectivity index (χ2n) is 4.93. The van der Waals surface area contributed by atoms with Crippen molar-refractivity contribution >= 4 is 5.95 Å². The summed E-state index contributed by atoms with van der Waals surface area (Å²) in [5.41, 5.74) is 0.605. The predicted octanol–water partition coefficient (Wildman–Crippen LogP) is 1.19. The largest absolute Gasteiger partial charge is 0.339 e. The summed E-state index contributed by atoms with van der Waals surface area (Å²) in [4.78, 5) is 10.4. The monoisotopic (exact) mass is 276 g/mol. The van der Waals surface area contributed by atoms with Gasteiger partial charge in [-0.2, -0.15) is 4.98 Å². The van der Waals surface area contributed by atoms with Crippen LogP contribution in [0, 0.1) is 5.82 Å². The van der Waals surface area contributed by atoms with E-state index in [4.69, 9.17) is 0 Å². The number of hydrogen-bond acceptors (Lipinski definition) is 5. The van der Waals surface area contributed by atoms with E-state index in [0.717, 1.165) is 25.9 Å². The number of anilines is 1. The molecule has 0 atom stereocenters. The minimum absolute atomic E-state index is 0.379. The van der Waals surface area contributed by atoms with Gasteiger partial charge in [-0.1, -0.05) is 0 Å². The van der Waals surface area contributed by atoms with Gasteiger partial charge in [0.2, 0.25) is 5.95 Å². The number of halogens is 1. The van der Waals surface area contributed by atoms with Gasteiger partial charge >= 0.3 is 0 Å². The van der Waals surface area contributed by atoms with E-state index >= 15 is 0 Å². The van der Waals surface area contributed by atoms with Crippen LogP contribution in [0.25, 0.3) is 11.4 Å². The molecule has 3 rings (SSSR count). The second-order valence-corrected chi connectivity index (χ2v) is 4.93. The molecule has 0 unspecified atom stereocenters. The van der Waals surface area contributed by atoms with E-state index in [1.54, 1.807) is 6.20 Å². The molecule has 0 saturated carbocycles. The molecule has 106 valence electrons. The topological polar surface area (TPSA) is 69.7 Å². The lowest BCUT2D eigenvalue weighted by Crippen LogP contribution is -2.41. The quantitative estimate of drug-likeness (QED) is 0.881. The Kier molecular flexibility index (Phi) is 3.60. The minimum atomic E-state index is -0.379. The fraction of sp³-hybridized carbons (Fsp3) is 0.462. The van der Waals surface area contributed by atoms with Crippen molar-refractivity contribution in [3.63, 3.8) is 0 Å². The minimum Gasteiger partial charge on any atom is -0.339 e. The van der Waals surface area contributed by atoms with Crippen LogP contribution in [0.1, 0.15) is 12.8 Å². The van der Waals surface area contributed by atoms with E-state index in [2.05, 4.69) is 30.4 Å². The van der Waals surface area contributed by atoms with Crippen molar-refractivity contribution in [1.82, 2.24) is 25.5 Å². The third-order valence-electron chi connectivity index (χ3n) is 3.64. The Morgan fingerprint density at radius 2 is 2.15 bits per heavy atom. The van der Waals surface area contributed by atoms with Gasteiger partial charge in [0, 0.05) is 30.9 Å². The third kappa shape index (κ3) is 2.62. The van der Waals surface area contributed by atoms with Crippen LogP contribution in [0.3, 0.4) is 0 Å². The van der Waals surface area contributed by atoms with Crippen LogP contribution in [0.5, 0.6) is 0 Å². The van der Waals surface area contributed by atoms with E-state index in [-0.39, 0.29) is 5.82 Å². The molecule has 0 aliphatic carbocycles. The van der Waals surface area contributed by atoms with Gasteiger partial charge in [-0.15, -0.1) is 5.10 Å². The highest BCUT2D eigenvalue weighted by Gasteiger charge is 2.21. The lowest BCUT2D eigenvalue weighted by Gasteiger charge is -2.30. The molecule has 0 aromatic carbocycles. The highest BCUT2D eigenvalue weighted by atomic mass is 19.1. The van der Waals surface area contributed by atoms with Crippen molar-refractivity contribution < 1.29 is 4.39 Å². The van der Waals surface area contributed by atoms with Crippen molar-refractivity contribution in [2.75, 3.05) is 25.0 Å². The molecular formula is C13H17FN6. The molecule has 1 aliphatic rings. The Hall–Kier alpha value is -2.02. The molecule has 2 N–H and O–H groups in total. The van der Waals surface area contributed by atoms with Gasteiger partial charge in [-0.25, -0.2) is 4.39 Å². The Labute approximate surface area is 116 Å². The number of pyridine rings is 1. The summed E-state index contributed by atoms with van der Waals surface area (Å²) in [5.74, 6) is 0.830. The van der Waals surface area contributed by atoms with Gasteiger partial charge in [0.1, 0.15) is 5.82 Å². The number of nitrogens with one attached hydrogen (secondary N) is 2. The van der Waals surface area contributed by atoms with Crippen LogP contribution in [0.2, 0.25) is 0 Å². The molecule has 1 aliphatic heterocycles. The molecule has 0 spiro atoms. The van der Waals surface area contributed by atoms with Crippen LogP contribution in [0.4, 0.5) is 10.3 Å². The molecule has 0 amide bonds. The van der Waals surface area contributed by atoms with Gasteiger partial charge in [0.05, 0.1) is 6.20 Å². The number of aromatic nitrogens is 4. The maximum absolute atomic E-state index is 13.2. The second kappa shape index (κ2) is 5.54. The summed E-state index contributed by atoms with van der Waals surface area (Å²) in [7, 11) is 1.99. The number of H-pyrrole nitrogens is 1. The average Bonchev–Trinajstić information content (AvgIpc) is 2.97. The Morgan fingerprint density at radius 3 is 2.85 bits per heavy atom. The molecule has 7 heteroatoms. The lowest BCUT2D eigenvalue weighted by molar-refractivity contribution is 0.439. The zero-order valence-corrected chi connectivity index (χ0v) is 11.3. The first kappa shape index (κ1) is 13.0. The van der Waals surface area contributed by atoms with E-state index in [9.17, 15) is 4.39 Å². The summed E-state index contributed by atoms with van der Waals surface area (Å²) in [6.07, 6.45) is 4.88. The van der Waals surface area contributed by atoms with Crippen molar-refractivity contribution in [3.05, 3.63) is 24.3 Å². The predicted molar refractivity (Wildman–Crippen MR) is 73.9 cm³/mol. The standard InChI is InChI=1S/C13H17FN6/c1-15-11-2-4-20(5-3-11)13-17-12(18-19-13)9-6-10(14)8-16-7-9/h6-8,11,15H,2-5H2,1H3,(H,17,18,19). The van der Waals surface area contributed by atoms with Crippen molar-refractivity contribution in [1.29, 1.82) is 0 Å². The Morgan fingerprint density at radius 1 is 1.35 bits per heavy atom. The molecule has 3 heterocycles. The fourth-order valence-electron chi connectivity index (χ4n) is 2.43. The van der Waals surface area contributed by atoms with Gasteiger partial charge < -0.3 is 10.2 Å². The summed E-state index contributed by atoms with van der Waals surface area (Å²) in [6.45, 7) is 1.84. The first-order chi connectivity index (χ1) is 9.76. The Bertz CT molecular complexity index is 576. The normalized spacial score (nSPS) is 16.6. The molecule has 6 nitrogen and oxygen atoms in total. The molecule has 0 bridgehead atoms. The summed E-state index contributed by atoms with van der Waals surface area (Å²) >= 11 is 0. The maximum Gasteiger partial charge on any atom is 0.245 e.